The number of hydrogen-bond acceptors (Lipinski definition) is 3. The minimum absolute atomic E-state index is 0. The van der Waals surface area contributed by atoms with Crippen LogP contribution in [0.2, 0.25) is 0 Å². The minimum atomic E-state index is 0. The highest BCUT2D eigenvalue weighted by atomic mass is 35.5. The topological polar surface area (TPSA) is 44.4 Å². The minimum Gasteiger partial charge on any atom is -0.352 e. The van der Waals surface area contributed by atoms with Gasteiger partial charge in [-0.2, -0.15) is 0 Å². The van der Waals surface area contributed by atoms with Crippen LogP contribution in [0.5, 0.6) is 0 Å². The number of halogens is 2. The SMILES string of the molecule is Cl.Cl.O=C(CCC1CCNCC1)NCc1ccccc1CN1CCCCCC1. The molecule has 2 saturated heterocycles. The Labute approximate surface area is 183 Å². The molecular weight excluding hydrogens is 393 g/mol. The summed E-state index contributed by atoms with van der Waals surface area (Å²) >= 11 is 0. The van der Waals surface area contributed by atoms with Crippen LogP contribution in [0.1, 0.15) is 62.5 Å². The molecule has 0 saturated carbocycles. The van der Waals surface area contributed by atoms with Gasteiger partial charge in [-0.3, -0.25) is 9.69 Å². The molecule has 0 unspecified atom stereocenters. The van der Waals surface area contributed by atoms with Crippen molar-refractivity contribution in [2.45, 2.75) is 64.5 Å². The van der Waals surface area contributed by atoms with Crippen LogP contribution in [0.15, 0.2) is 24.3 Å². The molecule has 160 valence electrons. The van der Waals surface area contributed by atoms with Crippen LogP contribution in [0.25, 0.3) is 0 Å². The normalized spacial score (nSPS) is 18.4. The van der Waals surface area contributed by atoms with Crippen molar-refractivity contribution in [3.63, 3.8) is 0 Å². The van der Waals surface area contributed by atoms with Crippen LogP contribution in [-0.2, 0) is 17.9 Å². The van der Waals surface area contributed by atoms with E-state index < -0.39 is 0 Å². The van der Waals surface area contributed by atoms with Gasteiger partial charge in [0.1, 0.15) is 0 Å². The fraction of sp³-hybridized carbons (Fsp3) is 0.682. The second kappa shape index (κ2) is 14.2. The second-order valence-electron chi connectivity index (χ2n) is 7.97. The number of rotatable bonds is 7. The predicted octanol–water partition coefficient (Wildman–Crippen LogP) is 4.30. The molecule has 0 bridgehead atoms. The lowest BCUT2D eigenvalue weighted by Gasteiger charge is -2.22. The first-order chi connectivity index (χ1) is 12.8. The van der Waals surface area contributed by atoms with Crippen molar-refractivity contribution in [3.8, 4) is 0 Å². The molecule has 0 radical (unpaired) electrons. The number of carbonyl (C=O) groups is 1. The van der Waals surface area contributed by atoms with Crippen LogP contribution in [0.3, 0.4) is 0 Å². The summed E-state index contributed by atoms with van der Waals surface area (Å²) in [4.78, 5) is 14.8. The maximum Gasteiger partial charge on any atom is 0.220 e. The highest BCUT2D eigenvalue weighted by Gasteiger charge is 2.15. The molecule has 1 aromatic rings. The Kier molecular flexibility index (Phi) is 12.8. The van der Waals surface area contributed by atoms with Gasteiger partial charge >= 0.3 is 0 Å². The summed E-state index contributed by atoms with van der Waals surface area (Å²) in [6, 6.07) is 8.60. The van der Waals surface area contributed by atoms with Crippen LogP contribution < -0.4 is 10.6 Å². The van der Waals surface area contributed by atoms with Gasteiger partial charge in [0.15, 0.2) is 0 Å². The summed E-state index contributed by atoms with van der Waals surface area (Å²) in [5.74, 6) is 0.922. The average molecular weight is 430 g/mol. The Bertz CT molecular complexity index is 556. The van der Waals surface area contributed by atoms with E-state index in [2.05, 4.69) is 39.8 Å². The molecule has 0 aromatic heterocycles. The third kappa shape index (κ3) is 8.69. The Balaban J connectivity index is 0.00000196. The van der Waals surface area contributed by atoms with Gasteiger partial charge in [-0.15, -0.1) is 24.8 Å². The molecule has 6 heteroatoms. The van der Waals surface area contributed by atoms with Crippen LogP contribution >= 0.6 is 24.8 Å². The lowest BCUT2D eigenvalue weighted by atomic mass is 9.93. The fourth-order valence-electron chi connectivity index (χ4n) is 4.21. The third-order valence-electron chi connectivity index (χ3n) is 5.93. The monoisotopic (exact) mass is 429 g/mol. The zero-order valence-corrected chi connectivity index (χ0v) is 18.6. The molecule has 1 amide bonds. The number of hydrogen-bond donors (Lipinski definition) is 2. The number of nitrogens with one attached hydrogen (secondary N) is 2. The summed E-state index contributed by atoms with van der Waals surface area (Å²) in [6.07, 6.45) is 9.49. The largest absolute Gasteiger partial charge is 0.352 e. The first-order valence-electron chi connectivity index (χ1n) is 10.6. The fourth-order valence-corrected chi connectivity index (χ4v) is 4.21. The summed E-state index contributed by atoms with van der Waals surface area (Å²) in [5, 5.41) is 6.54. The summed E-state index contributed by atoms with van der Waals surface area (Å²) in [5.41, 5.74) is 2.64. The van der Waals surface area contributed by atoms with Gasteiger partial charge in [-0.05, 0) is 75.3 Å². The van der Waals surface area contributed by atoms with E-state index in [4.69, 9.17) is 0 Å². The number of benzene rings is 1. The van der Waals surface area contributed by atoms with Crippen LogP contribution in [0, 0.1) is 5.92 Å². The Morgan fingerprint density at radius 1 is 1.00 bits per heavy atom. The van der Waals surface area contributed by atoms with Gasteiger partial charge < -0.3 is 10.6 Å². The smallest absolute Gasteiger partial charge is 0.220 e. The summed E-state index contributed by atoms with van der Waals surface area (Å²) in [7, 11) is 0. The average Bonchev–Trinajstić information content (AvgIpc) is 2.95. The van der Waals surface area contributed by atoms with Gasteiger partial charge in [0.25, 0.3) is 0 Å². The lowest BCUT2D eigenvalue weighted by molar-refractivity contribution is -0.121. The second-order valence-corrected chi connectivity index (χ2v) is 7.97. The Hall–Kier alpha value is -0.810. The number of likely N-dealkylation sites (tertiary alicyclic amines) is 1. The van der Waals surface area contributed by atoms with E-state index in [9.17, 15) is 4.79 Å². The summed E-state index contributed by atoms with van der Waals surface area (Å²) in [6.45, 7) is 6.30. The molecule has 2 fully saturated rings. The van der Waals surface area contributed by atoms with Gasteiger partial charge in [-0.1, -0.05) is 37.1 Å². The highest BCUT2D eigenvalue weighted by molar-refractivity contribution is 5.85. The highest BCUT2D eigenvalue weighted by Crippen LogP contribution is 2.18. The molecule has 28 heavy (non-hydrogen) atoms. The molecule has 2 aliphatic rings. The lowest BCUT2D eigenvalue weighted by Crippen LogP contribution is -2.29. The number of piperidine rings is 1. The zero-order chi connectivity index (χ0) is 18.0. The molecule has 1 aromatic carbocycles. The quantitative estimate of drug-likeness (QED) is 0.678. The predicted molar refractivity (Wildman–Crippen MR) is 121 cm³/mol. The first kappa shape index (κ1) is 25.2. The van der Waals surface area contributed by atoms with E-state index in [1.807, 2.05) is 0 Å². The maximum absolute atomic E-state index is 12.3. The Morgan fingerprint density at radius 2 is 1.64 bits per heavy atom. The Morgan fingerprint density at radius 3 is 2.32 bits per heavy atom. The van der Waals surface area contributed by atoms with Crippen LogP contribution in [-0.4, -0.2) is 37.0 Å². The molecule has 2 aliphatic heterocycles. The van der Waals surface area contributed by atoms with Crippen molar-refractivity contribution in [2.24, 2.45) is 5.92 Å². The van der Waals surface area contributed by atoms with Gasteiger partial charge in [0.2, 0.25) is 5.91 Å². The van der Waals surface area contributed by atoms with E-state index in [-0.39, 0.29) is 30.7 Å². The van der Waals surface area contributed by atoms with Crippen molar-refractivity contribution in [3.05, 3.63) is 35.4 Å². The van der Waals surface area contributed by atoms with Crippen molar-refractivity contribution in [2.75, 3.05) is 26.2 Å². The number of carbonyl (C=O) groups excluding carboxylic acids is 1. The van der Waals surface area contributed by atoms with Gasteiger partial charge in [-0.25, -0.2) is 0 Å². The van der Waals surface area contributed by atoms with E-state index in [1.165, 1.54) is 62.7 Å². The van der Waals surface area contributed by atoms with E-state index in [0.29, 0.717) is 13.0 Å². The van der Waals surface area contributed by atoms with Crippen molar-refractivity contribution in [1.82, 2.24) is 15.5 Å². The molecule has 0 atom stereocenters. The van der Waals surface area contributed by atoms with Crippen LogP contribution in [0.4, 0.5) is 0 Å². The van der Waals surface area contributed by atoms with Gasteiger partial charge in [0.05, 0.1) is 0 Å². The maximum atomic E-state index is 12.3. The van der Waals surface area contributed by atoms with E-state index in [0.717, 1.165) is 32.0 Å². The molecule has 2 heterocycles. The van der Waals surface area contributed by atoms with Crippen molar-refractivity contribution < 1.29 is 4.79 Å². The number of nitrogens with zero attached hydrogens (tertiary/aromatic N) is 1. The van der Waals surface area contributed by atoms with Crippen molar-refractivity contribution in [1.29, 1.82) is 0 Å². The molecule has 2 N–H and O–H groups in total. The standard InChI is InChI=1S/C22H35N3O.2ClH/c26-22(10-9-19-11-13-23-14-12-19)24-17-20-7-3-4-8-21(20)18-25-15-5-1-2-6-16-25;;/h3-4,7-8,19,23H,1-2,5-6,9-18H2,(H,24,26);2*1H. The van der Waals surface area contributed by atoms with Crippen molar-refractivity contribution >= 4 is 30.7 Å². The number of amides is 1. The van der Waals surface area contributed by atoms with Gasteiger partial charge in [0, 0.05) is 19.5 Å². The van der Waals surface area contributed by atoms with E-state index >= 15 is 0 Å². The summed E-state index contributed by atoms with van der Waals surface area (Å²) < 4.78 is 0. The third-order valence-corrected chi connectivity index (χ3v) is 5.93. The molecular formula is C22H37Cl2N3O. The molecule has 3 rings (SSSR count). The first-order valence-corrected chi connectivity index (χ1v) is 10.6. The zero-order valence-electron chi connectivity index (χ0n) is 17.0. The molecule has 0 spiro atoms. The molecule has 0 aliphatic carbocycles. The molecule has 4 nitrogen and oxygen atoms in total. The van der Waals surface area contributed by atoms with E-state index in [1.54, 1.807) is 0 Å².